The van der Waals surface area contributed by atoms with Crippen LogP contribution in [0.3, 0.4) is 0 Å². The van der Waals surface area contributed by atoms with Crippen LogP contribution in [0.25, 0.3) is 78.7 Å². The van der Waals surface area contributed by atoms with Crippen molar-refractivity contribution in [3.8, 4) is 78.7 Å². The number of benzene rings is 7. The van der Waals surface area contributed by atoms with Crippen LogP contribution in [0, 0.1) is 0 Å². The zero-order chi connectivity index (χ0) is 39.0. The van der Waals surface area contributed by atoms with Gasteiger partial charge in [-0.25, -0.2) is 15.0 Å². The van der Waals surface area contributed by atoms with E-state index in [2.05, 4.69) is 159 Å². The minimum atomic E-state index is -0.128. The molecule has 8 aromatic rings. The van der Waals surface area contributed by atoms with Crippen LogP contribution in [-0.2, 0) is 10.8 Å². The Morgan fingerprint density at radius 3 is 1.51 bits per heavy atom. The molecule has 1 fully saturated rings. The first-order valence-electron chi connectivity index (χ1n) is 20.9. The van der Waals surface area contributed by atoms with E-state index < -0.39 is 0 Å². The second kappa shape index (κ2) is 13.1. The van der Waals surface area contributed by atoms with Crippen molar-refractivity contribution in [3.63, 3.8) is 0 Å². The van der Waals surface area contributed by atoms with Gasteiger partial charge in [0.2, 0.25) is 0 Å². The van der Waals surface area contributed by atoms with Crippen LogP contribution in [0.2, 0.25) is 0 Å². The Hall–Kier alpha value is -6.45. The topological polar surface area (TPSA) is 38.7 Å². The number of aromatic nitrogens is 3. The maximum atomic E-state index is 8.49. The molecular weight excluding hydrogens is 691 g/mol. The Morgan fingerprint density at radius 2 is 0.825 bits per heavy atom. The third-order valence-corrected chi connectivity index (χ3v) is 13.0. The van der Waals surface area contributed by atoms with Gasteiger partial charge in [-0.1, -0.05) is 173 Å². The minimum Gasteiger partial charge on any atom is -0.208 e. The van der Waals surface area contributed by atoms with E-state index in [1.165, 1.54) is 55.6 Å². The zero-order valence-corrected chi connectivity index (χ0v) is 32.3. The van der Waals surface area contributed by atoms with Gasteiger partial charge in [-0.2, -0.15) is 0 Å². The molecule has 3 aliphatic carbocycles. The molecule has 0 bridgehead atoms. The molecule has 57 heavy (non-hydrogen) atoms. The highest BCUT2D eigenvalue weighted by Gasteiger charge is 2.43. The van der Waals surface area contributed by atoms with Crippen molar-refractivity contribution in [1.82, 2.24) is 15.0 Å². The van der Waals surface area contributed by atoms with Crippen molar-refractivity contribution in [2.45, 2.75) is 56.8 Å². The molecule has 274 valence electrons. The van der Waals surface area contributed by atoms with Gasteiger partial charge in [-0.3, -0.25) is 0 Å². The van der Waals surface area contributed by atoms with E-state index in [1.54, 1.807) is 0 Å². The highest BCUT2D eigenvalue weighted by Crippen LogP contribution is 2.56. The van der Waals surface area contributed by atoms with Crippen LogP contribution in [0.5, 0.6) is 0 Å². The van der Waals surface area contributed by atoms with E-state index in [0.29, 0.717) is 17.5 Å². The maximum absolute atomic E-state index is 8.49. The van der Waals surface area contributed by atoms with Gasteiger partial charge in [0.15, 0.2) is 17.5 Å². The predicted molar refractivity (Wildman–Crippen MR) is 234 cm³/mol. The van der Waals surface area contributed by atoms with Crippen LogP contribution in [0.4, 0.5) is 0 Å². The zero-order valence-electron chi connectivity index (χ0n) is 33.3. The second-order valence-corrected chi connectivity index (χ2v) is 16.5. The van der Waals surface area contributed by atoms with Crippen molar-refractivity contribution >= 4 is 0 Å². The van der Waals surface area contributed by atoms with Gasteiger partial charge >= 0.3 is 0 Å². The third-order valence-electron chi connectivity index (χ3n) is 13.0. The van der Waals surface area contributed by atoms with E-state index in [9.17, 15) is 0 Å². The summed E-state index contributed by atoms with van der Waals surface area (Å²) >= 11 is 0. The number of rotatable bonds is 5. The molecule has 1 spiro atoms. The first-order chi connectivity index (χ1) is 28.4. The fourth-order valence-corrected chi connectivity index (χ4v) is 10.0. The number of hydrogen-bond acceptors (Lipinski definition) is 3. The van der Waals surface area contributed by atoms with E-state index in [-0.39, 0.29) is 17.2 Å². The summed E-state index contributed by atoms with van der Waals surface area (Å²) in [7, 11) is 0. The first kappa shape index (κ1) is 32.8. The highest BCUT2D eigenvalue weighted by molar-refractivity contribution is 5.86. The Morgan fingerprint density at radius 1 is 0.386 bits per heavy atom. The number of hydrogen-bond donors (Lipinski definition) is 0. The van der Waals surface area contributed by atoms with Crippen LogP contribution in [0.15, 0.2) is 164 Å². The molecule has 1 heterocycles. The van der Waals surface area contributed by atoms with Gasteiger partial charge in [-0.15, -0.1) is 0 Å². The summed E-state index contributed by atoms with van der Waals surface area (Å²) in [5, 5.41) is 0. The molecule has 0 amide bonds. The molecule has 0 atom stereocenters. The molecule has 3 nitrogen and oxygen atoms in total. The fraction of sp³-hybridized carbons (Fsp3) is 0.167. The quantitative estimate of drug-likeness (QED) is 0.177. The Kier molecular flexibility index (Phi) is 7.51. The second-order valence-electron chi connectivity index (χ2n) is 16.5. The molecule has 0 radical (unpaired) electrons. The van der Waals surface area contributed by atoms with Gasteiger partial charge < -0.3 is 0 Å². The molecular formula is C54H43N3. The number of fused-ring (bicyclic) bond motifs is 8. The van der Waals surface area contributed by atoms with E-state index in [4.69, 9.17) is 16.3 Å². The van der Waals surface area contributed by atoms with E-state index in [1.807, 2.05) is 18.2 Å². The molecule has 11 rings (SSSR count). The van der Waals surface area contributed by atoms with Gasteiger partial charge in [-0.05, 0) is 104 Å². The lowest BCUT2D eigenvalue weighted by Crippen LogP contribution is -2.28. The van der Waals surface area contributed by atoms with Gasteiger partial charge in [0.25, 0.3) is 0 Å². The Labute approximate surface area is 336 Å². The molecule has 0 N–H and O–H groups in total. The lowest BCUT2D eigenvalue weighted by molar-refractivity contribution is 0.353. The molecule has 3 heteroatoms. The average molecular weight is 735 g/mol. The van der Waals surface area contributed by atoms with Crippen molar-refractivity contribution < 1.29 is 1.37 Å². The Bertz CT molecular complexity index is 2900. The van der Waals surface area contributed by atoms with E-state index >= 15 is 0 Å². The van der Waals surface area contributed by atoms with Crippen LogP contribution >= 0.6 is 0 Å². The normalized spacial score (nSPS) is 18.7. The lowest BCUT2D eigenvalue weighted by Gasteiger charge is -2.36. The fourth-order valence-electron chi connectivity index (χ4n) is 10.0. The van der Waals surface area contributed by atoms with Gasteiger partial charge in [0.1, 0.15) is 0 Å². The monoisotopic (exact) mass is 734 g/mol. The summed E-state index contributed by atoms with van der Waals surface area (Å²) < 4.78 is 8.49. The summed E-state index contributed by atoms with van der Waals surface area (Å²) in [6.07, 6.45) is 3.99. The molecule has 3 aliphatic rings. The van der Waals surface area contributed by atoms with E-state index in [0.717, 1.165) is 53.5 Å². The average Bonchev–Trinajstić information content (AvgIpc) is 3.68. The largest absolute Gasteiger partial charge is 0.208 e. The van der Waals surface area contributed by atoms with Crippen molar-refractivity contribution in [2.24, 2.45) is 0 Å². The maximum Gasteiger partial charge on any atom is 0.164 e. The lowest BCUT2D eigenvalue weighted by atomic mass is 9.67. The summed E-state index contributed by atoms with van der Waals surface area (Å²) in [4.78, 5) is 15.4. The summed E-state index contributed by atoms with van der Waals surface area (Å²) in [5.41, 5.74) is 18.2. The van der Waals surface area contributed by atoms with Crippen LogP contribution < -0.4 is 0 Å². The molecule has 1 aromatic heterocycles. The first-order valence-corrected chi connectivity index (χ1v) is 20.3. The van der Waals surface area contributed by atoms with Gasteiger partial charge in [0.05, 0.1) is 0 Å². The van der Waals surface area contributed by atoms with Gasteiger partial charge in [0, 0.05) is 28.9 Å². The summed E-state index contributed by atoms with van der Waals surface area (Å²) in [6, 6.07) is 59.2. The Balaban J connectivity index is 0.974. The molecule has 0 unspecified atom stereocenters. The molecule has 1 saturated carbocycles. The third kappa shape index (κ3) is 5.44. The molecule has 7 aromatic carbocycles. The number of nitrogens with zero attached hydrogens (tertiary/aromatic N) is 3. The van der Waals surface area contributed by atoms with Crippen molar-refractivity contribution in [1.29, 1.82) is 0 Å². The van der Waals surface area contributed by atoms with Crippen molar-refractivity contribution in [3.05, 3.63) is 186 Å². The summed E-state index contributed by atoms with van der Waals surface area (Å²) in [6.45, 7) is 4.61. The molecule has 0 saturated heterocycles. The molecule has 0 aliphatic heterocycles. The summed E-state index contributed by atoms with van der Waals surface area (Å²) in [5.74, 6) is 1.97. The minimum absolute atomic E-state index is 0.00553. The predicted octanol–water partition coefficient (Wildman–Crippen LogP) is 13.7. The SMILES string of the molecule is [2H]C1CCC2(CC1)c1ccccc1-c1ccc(-c3cccc(-c4cccc(-c5nc(-c6ccccc6)nc(-c6ccc7c(c6)C(C)(C)c6ccccc6-7)n5)c4)c3)cc12. The van der Waals surface area contributed by atoms with Crippen LogP contribution in [-0.4, -0.2) is 15.0 Å². The highest BCUT2D eigenvalue weighted by atomic mass is 15.0. The van der Waals surface area contributed by atoms with Crippen LogP contribution in [0.1, 0.15) is 69.6 Å². The van der Waals surface area contributed by atoms with Crippen molar-refractivity contribution in [2.75, 3.05) is 0 Å². The smallest absolute Gasteiger partial charge is 0.164 e. The standard InChI is InChI=1S/C54H43N3/c1-53(2)46-23-9-7-21-42(46)44-28-26-41(34-48(44)53)52-56-50(35-15-5-3-6-16-35)55-51(57-52)40-20-14-19-38(32-40)36-17-13-18-37(31-36)39-25-27-45-43-22-8-10-24-47(43)54(49(45)33-39)29-11-4-12-30-54/h3,5-10,13-28,31-34H,4,11-12,29-30H2,1-2H3/i4D.